The standard InChI is InChI=1S/C35H47N3O8/c1-3-4-19-37-20-13-18-35-29(32(41)38(31(35)33(37)42)21-11-6-12-22-39)28-26(46-35)16-9-10-17-27(40)36-25(23-44-2)30(45-34(28)43)24-14-7-5-8-15-24/h5,7-9,13-16,18,25-26,28-31,39H,3-4,6,10-12,17,19-23H2,1-2H3,(H,36,40)/b16-9-/t25-,26-,28+,29+,30-,31-,35+/m0/s1. The summed E-state index contributed by atoms with van der Waals surface area (Å²) in [5, 5.41) is 12.3. The molecular formula is C35H47N3O8. The molecule has 0 radical (unpaired) electrons. The van der Waals surface area contributed by atoms with Gasteiger partial charge in [0.1, 0.15) is 23.7 Å². The number of methoxy groups -OCH3 is 1. The summed E-state index contributed by atoms with van der Waals surface area (Å²) in [6, 6.07) is 7.55. The van der Waals surface area contributed by atoms with E-state index in [1.165, 1.54) is 7.11 Å². The number of hydrogen-bond donors (Lipinski definition) is 2. The Labute approximate surface area is 270 Å². The fourth-order valence-electron chi connectivity index (χ4n) is 7.30. The second kappa shape index (κ2) is 15.4. The average Bonchev–Trinajstić information content (AvgIpc) is 3.44. The third-order valence-electron chi connectivity index (χ3n) is 9.48. The Morgan fingerprint density at radius 3 is 2.57 bits per heavy atom. The first-order valence-corrected chi connectivity index (χ1v) is 16.6. The maximum atomic E-state index is 14.5. The van der Waals surface area contributed by atoms with Crippen LogP contribution in [0.1, 0.15) is 63.5 Å². The number of esters is 1. The molecule has 4 aliphatic heterocycles. The number of nitrogens with zero attached hydrogens (tertiary/aromatic N) is 2. The maximum absolute atomic E-state index is 14.5. The molecule has 11 nitrogen and oxygen atoms in total. The van der Waals surface area contributed by atoms with E-state index < -0.39 is 47.7 Å². The molecule has 250 valence electrons. The summed E-state index contributed by atoms with van der Waals surface area (Å²) in [6.45, 7) is 3.46. The quantitative estimate of drug-likeness (QED) is 0.215. The van der Waals surface area contributed by atoms with Crippen LogP contribution < -0.4 is 5.32 Å². The Balaban J connectivity index is 1.57. The van der Waals surface area contributed by atoms with Crippen molar-refractivity contribution in [3.05, 3.63) is 60.2 Å². The number of unbranched alkanes of at least 4 members (excludes halogenated alkanes) is 3. The smallest absolute Gasteiger partial charge is 0.313 e. The molecule has 46 heavy (non-hydrogen) atoms. The highest BCUT2D eigenvalue weighted by molar-refractivity contribution is 5.99. The molecule has 0 aliphatic carbocycles. The van der Waals surface area contributed by atoms with Crippen molar-refractivity contribution in [3.8, 4) is 0 Å². The van der Waals surface area contributed by atoms with E-state index in [-0.39, 0.29) is 37.4 Å². The zero-order valence-electron chi connectivity index (χ0n) is 26.8. The zero-order chi connectivity index (χ0) is 32.7. The predicted molar refractivity (Wildman–Crippen MR) is 169 cm³/mol. The zero-order valence-corrected chi connectivity index (χ0v) is 26.8. The molecule has 11 heteroatoms. The summed E-state index contributed by atoms with van der Waals surface area (Å²) in [4.78, 5) is 59.6. The number of carbonyl (C=O) groups excluding carboxylic acids is 4. The van der Waals surface area contributed by atoms with Crippen LogP contribution in [-0.4, -0.2) is 102 Å². The van der Waals surface area contributed by atoms with E-state index in [1.807, 2.05) is 42.5 Å². The molecule has 1 aromatic rings. The fourth-order valence-corrected chi connectivity index (χ4v) is 7.30. The summed E-state index contributed by atoms with van der Waals surface area (Å²) < 4.78 is 18.5. The number of aliphatic hydroxyl groups excluding tert-OH is 1. The van der Waals surface area contributed by atoms with E-state index in [4.69, 9.17) is 14.2 Å². The topological polar surface area (TPSA) is 135 Å². The van der Waals surface area contributed by atoms with E-state index >= 15 is 0 Å². The number of aliphatic hydroxyl groups is 1. The van der Waals surface area contributed by atoms with Crippen molar-refractivity contribution in [2.75, 3.05) is 40.0 Å². The van der Waals surface area contributed by atoms with Crippen molar-refractivity contribution >= 4 is 23.7 Å². The van der Waals surface area contributed by atoms with Gasteiger partial charge in [-0.05, 0) is 37.7 Å². The number of amides is 3. The molecule has 7 atom stereocenters. The van der Waals surface area contributed by atoms with Crippen LogP contribution in [0.15, 0.2) is 54.6 Å². The van der Waals surface area contributed by atoms with Gasteiger partial charge in [0.2, 0.25) is 17.7 Å². The maximum Gasteiger partial charge on any atom is 0.313 e. The number of hydrogen-bond acceptors (Lipinski definition) is 8. The molecule has 4 heterocycles. The lowest BCUT2D eigenvalue weighted by molar-refractivity contribution is -0.162. The Morgan fingerprint density at radius 1 is 1.02 bits per heavy atom. The number of likely N-dealkylation sites (tertiary alicyclic amines) is 1. The highest BCUT2D eigenvalue weighted by Crippen LogP contribution is 2.53. The van der Waals surface area contributed by atoms with E-state index in [1.54, 1.807) is 22.0 Å². The number of nitrogens with one attached hydrogen (secondary N) is 1. The van der Waals surface area contributed by atoms with Gasteiger partial charge >= 0.3 is 5.97 Å². The minimum absolute atomic E-state index is 0.0501. The van der Waals surface area contributed by atoms with Gasteiger partial charge < -0.3 is 34.4 Å². The number of rotatable bonds is 11. The Hall–Kier alpha value is -3.54. The minimum Gasteiger partial charge on any atom is -0.455 e. The second-order valence-corrected chi connectivity index (χ2v) is 12.6. The molecule has 3 amide bonds. The first kappa shape index (κ1) is 33.8. The second-order valence-electron chi connectivity index (χ2n) is 12.6. The van der Waals surface area contributed by atoms with Gasteiger partial charge in [-0.3, -0.25) is 19.2 Å². The molecular weight excluding hydrogens is 590 g/mol. The lowest BCUT2D eigenvalue weighted by Crippen LogP contribution is -2.55. The van der Waals surface area contributed by atoms with E-state index in [9.17, 15) is 24.3 Å². The molecule has 1 aromatic carbocycles. The van der Waals surface area contributed by atoms with Gasteiger partial charge in [0.25, 0.3) is 0 Å². The van der Waals surface area contributed by atoms with Crippen LogP contribution >= 0.6 is 0 Å². The SMILES string of the molecule is CCCCN1CC=C[C@@]23O[C@H]4/C=C\CCC(=O)N[C@@H](COC)[C@H](c5ccccc5)OC(=O)[C@H]4[C@@H]2C(=O)N(CCCCCO)[C@H]3C1=O. The first-order valence-electron chi connectivity index (χ1n) is 16.6. The molecule has 0 unspecified atom stereocenters. The molecule has 0 saturated carbocycles. The molecule has 2 saturated heterocycles. The van der Waals surface area contributed by atoms with Gasteiger partial charge in [-0.25, -0.2) is 0 Å². The van der Waals surface area contributed by atoms with Gasteiger partial charge in [-0.2, -0.15) is 0 Å². The van der Waals surface area contributed by atoms with Gasteiger partial charge in [-0.1, -0.05) is 68.0 Å². The summed E-state index contributed by atoms with van der Waals surface area (Å²) in [6.07, 6.45) is 9.74. The summed E-state index contributed by atoms with van der Waals surface area (Å²) in [5.41, 5.74) is -0.694. The van der Waals surface area contributed by atoms with Crippen LogP contribution in [0.2, 0.25) is 0 Å². The van der Waals surface area contributed by atoms with E-state index in [2.05, 4.69) is 12.2 Å². The number of carbonyl (C=O) groups is 4. The van der Waals surface area contributed by atoms with Crippen LogP contribution in [0.3, 0.4) is 0 Å². The van der Waals surface area contributed by atoms with Crippen LogP contribution in [0.5, 0.6) is 0 Å². The Kier molecular flexibility index (Phi) is 11.3. The summed E-state index contributed by atoms with van der Waals surface area (Å²) in [5.74, 6) is -3.37. The van der Waals surface area contributed by atoms with Gasteiger partial charge in [0.05, 0.1) is 24.7 Å². The van der Waals surface area contributed by atoms with Crippen molar-refractivity contribution in [3.63, 3.8) is 0 Å². The van der Waals surface area contributed by atoms with Crippen LogP contribution in [-0.2, 0) is 33.4 Å². The Bertz CT molecular complexity index is 1300. The number of allylic oxidation sites excluding steroid dienone is 1. The first-order chi connectivity index (χ1) is 22.4. The fraction of sp³-hybridized carbons (Fsp3) is 0.600. The third-order valence-corrected chi connectivity index (χ3v) is 9.48. The lowest BCUT2D eigenvalue weighted by Gasteiger charge is -2.35. The lowest BCUT2D eigenvalue weighted by atomic mass is 9.77. The van der Waals surface area contributed by atoms with Crippen molar-refractivity contribution in [1.82, 2.24) is 15.1 Å². The molecule has 5 rings (SSSR count). The molecule has 2 fully saturated rings. The van der Waals surface area contributed by atoms with Crippen LogP contribution in [0.25, 0.3) is 0 Å². The van der Waals surface area contributed by atoms with Crippen LogP contribution in [0, 0.1) is 11.8 Å². The predicted octanol–water partition coefficient (Wildman–Crippen LogP) is 2.69. The molecule has 2 N–H and O–H groups in total. The van der Waals surface area contributed by atoms with Crippen LogP contribution in [0.4, 0.5) is 0 Å². The number of fused-ring (bicyclic) bond motifs is 2. The summed E-state index contributed by atoms with van der Waals surface area (Å²) in [7, 11) is 1.52. The van der Waals surface area contributed by atoms with E-state index in [0.29, 0.717) is 50.9 Å². The van der Waals surface area contributed by atoms with Crippen molar-refractivity contribution in [2.24, 2.45) is 11.8 Å². The number of ether oxygens (including phenoxy) is 3. The molecule has 0 bridgehead atoms. The Morgan fingerprint density at radius 2 is 1.83 bits per heavy atom. The summed E-state index contributed by atoms with van der Waals surface area (Å²) >= 11 is 0. The van der Waals surface area contributed by atoms with Crippen molar-refractivity contribution < 1.29 is 38.5 Å². The van der Waals surface area contributed by atoms with Crippen molar-refractivity contribution in [1.29, 1.82) is 0 Å². The highest BCUT2D eigenvalue weighted by atomic mass is 16.6. The highest BCUT2D eigenvalue weighted by Gasteiger charge is 2.71. The molecule has 0 aromatic heterocycles. The average molecular weight is 638 g/mol. The van der Waals surface area contributed by atoms with Gasteiger partial charge in [-0.15, -0.1) is 0 Å². The third kappa shape index (κ3) is 6.77. The molecule has 1 spiro atoms. The monoisotopic (exact) mass is 637 g/mol. The normalized spacial score (nSPS) is 32.1. The van der Waals surface area contributed by atoms with E-state index in [0.717, 1.165) is 12.8 Å². The number of benzene rings is 1. The molecule has 4 aliphatic rings. The minimum atomic E-state index is -1.37. The largest absolute Gasteiger partial charge is 0.455 e. The number of cyclic esters (lactones) is 1. The van der Waals surface area contributed by atoms with Gasteiger partial charge in [0.15, 0.2) is 0 Å². The van der Waals surface area contributed by atoms with Gasteiger partial charge in [0, 0.05) is 39.8 Å². The van der Waals surface area contributed by atoms with Crippen molar-refractivity contribution in [2.45, 2.75) is 81.8 Å².